The number of ketones is 1. The van der Waals surface area contributed by atoms with Gasteiger partial charge in [-0.25, -0.2) is 9.59 Å². The molecule has 9 heteroatoms. The maximum Gasteiger partial charge on any atom is 0.414 e. The van der Waals surface area contributed by atoms with Crippen LogP contribution in [0.3, 0.4) is 0 Å². The molecule has 0 unspecified atom stereocenters. The van der Waals surface area contributed by atoms with E-state index in [9.17, 15) is 19.2 Å². The third kappa shape index (κ3) is 3.98. The lowest BCUT2D eigenvalue weighted by Crippen LogP contribution is -2.25. The molecule has 1 aromatic carbocycles. The van der Waals surface area contributed by atoms with E-state index in [0.717, 1.165) is 0 Å². The molecule has 0 spiro atoms. The van der Waals surface area contributed by atoms with Gasteiger partial charge in [-0.15, -0.1) is 0 Å². The number of aromatic amines is 1. The Morgan fingerprint density at radius 2 is 2.00 bits per heavy atom. The highest BCUT2D eigenvalue weighted by atomic mass is 16.6. The number of hydrogen-bond acceptors (Lipinski definition) is 6. The lowest BCUT2D eigenvalue weighted by atomic mass is 10.1. The van der Waals surface area contributed by atoms with Crippen molar-refractivity contribution in [3.8, 4) is 0 Å². The van der Waals surface area contributed by atoms with Gasteiger partial charge in [-0.3, -0.25) is 14.5 Å². The Hall–Kier alpha value is -3.62. The number of aromatic nitrogens is 1. The second kappa shape index (κ2) is 8.17. The molecule has 0 bridgehead atoms. The average molecular weight is 399 g/mol. The molecule has 29 heavy (non-hydrogen) atoms. The largest absolute Gasteiger partial charge is 0.465 e. The van der Waals surface area contributed by atoms with Gasteiger partial charge < -0.3 is 19.8 Å². The Kier molecular flexibility index (Phi) is 5.67. The number of rotatable bonds is 6. The Morgan fingerprint density at radius 1 is 1.28 bits per heavy atom. The van der Waals surface area contributed by atoms with E-state index in [1.54, 1.807) is 31.2 Å². The first-order chi connectivity index (χ1) is 13.8. The normalized spacial score (nSPS) is 13.2. The van der Waals surface area contributed by atoms with Gasteiger partial charge in [-0.2, -0.15) is 0 Å². The van der Waals surface area contributed by atoms with Gasteiger partial charge in [0.2, 0.25) is 5.91 Å². The van der Waals surface area contributed by atoms with E-state index in [-0.39, 0.29) is 35.8 Å². The van der Waals surface area contributed by atoms with Gasteiger partial charge >= 0.3 is 12.1 Å². The van der Waals surface area contributed by atoms with Crippen LogP contribution >= 0.6 is 0 Å². The Bertz CT molecular complexity index is 994. The number of benzene rings is 1. The van der Waals surface area contributed by atoms with E-state index in [1.165, 1.54) is 18.9 Å². The predicted molar refractivity (Wildman–Crippen MR) is 104 cm³/mol. The molecule has 3 rings (SSSR count). The predicted octanol–water partition coefficient (Wildman–Crippen LogP) is 2.45. The van der Waals surface area contributed by atoms with Crippen molar-refractivity contribution >= 4 is 35.1 Å². The number of H-pyrrole nitrogens is 1. The van der Waals surface area contributed by atoms with Gasteiger partial charge in [0.15, 0.2) is 5.78 Å². The Morgan fingerprint density at radius 3 is 2.62 bits per heavy atom. The molecule has 1 aliphatic rings. The number of nitrogens with one attached hydrogen (secondary N) is 2. The number of hydrogen-bond donors (Lipinski definition) is 2. The SMILES string of the molecule is COC(=O)c1c(CC(=O)Nc2ccccc2N2CCOC2=O)[nH]c(C(C)=O)c1C. The summed E-state index contributed by atoms with van der Waals surface area (Å²) < 4.78 is 9.74. The molecule has 1 aliphatic heterocycles. The van der Waals surface area contributed by atoms with Crippen LogP contribution in [0.2, 0.25) is 0 Å². The topological polar surface area (TPSA) is 118 Å². The molecule has 2 N–H and O–H groups in total. The second-order valence-electron chi connectivity index (χ2n) is 6.53. The first kappa shape index (κ1) is 20.1. The summed E-state index contributed by atoms with van der Waals surface area (Å²) in [5.41, 5.74) is 2.11. The smallest absolute Gasteiger partial charge is 0.414 e. The highest BCUT2D eigenvalue weighted by Crippen LogP contribution is 2.28. The van der Waals surface area contributed by atoms with Crippen molar-refractivity contribution in [2.45, 2.75) is 20.3 Å². The second-order valence-corrected chi connectivity index (χ2v) is 6.53. The van der Waals surface area contributed by atoms with Crippen molar-refractivity contribution in [3.05, 3.63) is 46.8 Å². The molecule has 0 atom stereocenters. The quantitative estimate of drug-likeness (QED) is 0.569. The van der Waals surface area contributed by atoms with Gasteiger partial charge in [0.1, 0.15) is 6.61 Å². The zero-order valence-electron chi connectivity index (χ0n) is 16.3. The summed E-state index contributed by atoms with van der Waals surface area (Å²) in [5.74, 6) is -1.31. The zero-order chi connectivity index (χ0) is 21.1. The molecule has 0 radical (unpaired) electrons. The summed E-state index contributed by atoms with van der Waals surface area (Å²) in [4.78, 5) is 52.8. The fourth-order valence-corrected chi connectivity index (χ4v) is 3.30. The van der Waals surface area contributed by atoms with Gasteiger partial charge in [0.05, 0.1) is 42.7 Å². The van der Waals surface area contributed by atoms with E-state index in [2.05, 4.69) is 10.3 Å². The van der Waals surface area contributed by atoms with Crippen molar-refractivity contribution in [3.63, 3.8) is 0 Å². The molecular formula is C20H21N3O6. The zero-order valence-corrected chi connectivity index (χ0v) is 16.3. The summed E-state index contributed by atoms with van der Waals surface area (Å²) in [6.45, 7) is 3.65. The number of carbonyl (C=O) groups is 4. The molecule has 9 nitrogen and oxygen atoms in total. The van der Waals surface area contributed by atoms with Gasteiger partial charge in [-0.1, -0.05) is 12.1 Å². The highest BCUT2D eigenvalue weighted by molar-refractivity contribution is 6.03. The molecule has 2 heterocycles. The molecule has 1 fully saturated rings. The first-order valence-corrected chi connectivity index (χ1v) is 8.97. The van der Waals surface area contributed by atoms with Crippen LogP contribution in [0.4, 0.5) is 16.2 Å². The fourth-order valence-electron chi connectivity index (χ4n) is 3.30. The summed E-state index contributed by atoms with van der Waals surface area (Å²) in [7, 11) is 1.23. The highest BCUT2D eigenvalue weighted by Gasteiger charge is 2.27. The van der Waals surface area contributed by atoms with Crippen LogP contribution < -0.4 is 10.2 Å². The number of ether oxygens (including phenoxy) is 2. The van der Waals surface area contributed by atoms with Crippen molar-refractivity contribution < 1.29 is 28.7 Å². The van der Waals surface area contributed by atoms with Crippen LogP contribution in [0.15, 0.2) is 24.3 Å². The first-order valence-electron chi connectivity index (χ1n) is 8.97. The molecule has 2 aromatic rings. The van der Waals surface area contributed by atoms with Gasteiger partial charge in [0, 0.05) is 12.6 Å². The van der Waals surface area contributed by atoms with E-state index in [0.29, 0.717) is 23.5 Å². The summed E-state index contributed by atoms with van der Waals surface area (Å²) in [6, 6.07) is 6.85. The van der Waals surface area contributed by atoms with Gasteiger partial charge in [0.25, 0.3) is 0 Å². The van der Waals surface area contributed by atoms with E-state index in [4.69, 9.17) is 9.47 Å². The lowest BCUT2D eigenvalue weighted by molar-refractivity contribution is -0.115. The number of para-hydroxylation sites is 2. The number of Topliss-reactive ketones (excluding diaryl/α,β-unsaturated/α-hetero) is 1. The molecule has 1 aromatic heterocycles. The summed E-state index contributed by atoms with van der Waals surface area (Å²) >= 11 is 0. The molecule has 2 amide bonds. The minimum absolute atomic E-state index is 0.171. The van der Waals surface area contributed by atoms with E-state index in [1.807, 2.05) is 0 Å². The molecule has 152 valence electrons. The number of esters is 1. The molecule has 0 saturated carbocycles. The van der Waals surface area contributed by atoms with Crippen molar-refractivity contribution in [2.75, 3.05) is 30.5 Å². The summed E-state index contributed by atoms with van der Waals surface area (Å²) in [5, 5.41) is 2.75. The lowest BCUT2D eigenvalue weighted by Gasteiger charge is -2.17. The minimum atomic E-state index is -0.630. The third-order valence-corrected chi connectivity index (χ3v) is 4.64. The fraction of sp³-hybridized carbons (Fsp3) is 0.300. The van der Waals surface area contributed by atoms with Crippen LogP contribution in [-0.4, -0.2) is 49.0 Å². The van der Waals surface area contributed by atoms with Crippen LogP contribution in [0.5, 0.6) is 0 Å². The molecule has 0 aliphatic carbocycles. The number of cyclic esters (lactones) is 1. The molecular weight excluding hydrogens is 378 g/mol. The third-order valence-electron chi connectivity index (χ3n) is 4.64. The van der Waals surface area contributed by atoms with Gasteiger partial charge in [-0.05, 0) is 24.6 Å². The standard InChI is InChI=1S/C20H21N3O6/c1-11-17(19(26)28-3)14(22-18(11)12(2)24)10-16(25)21-13-6-4-5-7-15(13)23-8-9-29-20(23)27/h4-7,22H,8-10H2,1-3H3,(H,21,25). The Labute approximate surface area is 167 Å². The number of carbonyl (C=O) groups excluding carboxylic acids is 4. The average Bonchev–Trinajstić information content (AvgIpc) is 3.24. The number of amides is 2. The maximum atomic E-state index is 12.7. The van der Waals surface area contributed by atoms with Crippen LogP contribution in [0.25, 0.3) is 0 Å². The van der Waals surface area contributed by atoms with Crippen molar-refractivity contribution in [2.24, 2.45) is 0 Å². The Balaban J connectivity index is 1.86. The van der Waals surface area contributed by atoms with Crippen LogP contribution in [0.1, 0.15) is 39.0 Å². The van der Waals surface area contributed by atoms with Crippen molar-refractivity contribution in [1.82, 2.24) is 4.98 Å². The van der Waals surface area contributed by atoms with E-state index < -0.39 is 18.0 Å². The summed E-state index contributed by atoms with van der Waals surface area (Å²) in [6.07, 6.45) is -0.664. The number of methoxy groups -OCH3 is 1. The van der Waals surface area contributed by atoms with Crippen LogP contribution in [-0.2, 0) is 20.7 Å². The monoisotopic (exact) mass is 399 g/mol. The number of nitrogens with zero attached hydrogens (tertiary/aromatic N) is 1. The van der Waals surface area contributed by atoms with Crippen LogP contribution in [0, 0.1) is 6.92 Å². The minimum Gasteiger partial charge on any atom is -0.465 e. The maximum absolute atomic E-state index is 12.7. The van der Waals surface area contributed by atoms with E-state index >= 15 is 0 Å². The van der Waals surface area contributed by atoms with Crippen molar-refractivity contribution in [1.29, 1.82) is 0 Å². The number of anilines is 2. The molecule has 1 saturated heterocycles.